The SMILES string of the molecule is CC(C)C(O)C(=O)O.O=C(O)CCC(=O)C(=O)O. The number of carboxylic acid groups (broad SMARTS) is 3. The van der Waals surface area contributed by atoms with E-state index < -0.39 is 42.6 Å². The smallest absolute Gasteiger partial charge is 0.372 e. The molecule has 0 rings (SSSR count). The summed E-state index contributed by atoms with van der Waals surface area (Å²) in [4.78, 5) is 39.6. The lowest BCUT2D eigenvalue weighted by molar-refractivity contribution is -0.150. The van der Waals surface area contributed by atoms with Gasteiger partial charge in [-0.3, -0.25) is 9.59 Å². The molecule has 0 amide bonds. The number of aliphatic carboxylic acids is 3. The predicted molar refractivity (Wildman–Crippen MR) is 58.0 cm³/mol. The first kappa shape index (κ1) is 18.4. The lowest BCUT2D eigenvalue weighted by Gasteiger charge is -2.06. The second kappa shape index (κ2) is 9.11. The molecule has 0 aliphatic rings. The number of aliphatic hydroxyl groups excluding tert-OH is 1. The van der Waals surface area contributed by atoms with E-state index in [4.69, 9.17) is 20.4 Å². The van der Waals surface area contributed by atoms with Crippen molar-refractivity contribution in [3.8, 4) is 0 Å². The van der Waals surface area contributed by atoms with E-state index in [1.165, 1.54) is 0 Å². The van der Waals surface area contributed by atoms with E-state index in [9.17, 15) is 19.2 Å². The van der Waals surface area contributed by atoms with E-state index in [1.54, 1.807) is 13.8 Å². The van der Waals surface area contributed by atoms with Gasteiger partial charge in [0.2, 0.25) is 5.78 Å². The minimum absolute atomic E-state index is 0.201. The topological polar surface area (TPSA) is 149 Å². The molecule has 0 aromatic heterocycles. The third kappa shape index (κ3) is 10.6. The van der Waals surface area contributed by atoms with Crippen molar-refractivity contribution in [2.45, 2.75) is 32.8 Å². The summed E-state index contributed by atoms with van der Waals surface area (Å²) in [5.41, 5.74) is 0. The van der Waals surface area contributed by atoms with Gasteiger partial charge in [0.25, 0.3) is 0 Å². The Bertz CT molecular complexity index is 320. The molecule has 0 aliphatic heterocycles. The van der Waals surface area contributed by atoms with Gasteiger partial charge in [-0.25, -0.2) is 9.59 Å². The molecule has 0 bridgehead atoms. The second-order valence-corrected chi connectivity index (χ2v) is 3.65. The summed E-state index contributed by atoms with van der Waals surface area (Å²) in [7, 11) is 0. The fraction of sp³-hybridized carbons (Fsp3) is 0.600. The molecule has 18 heavy (non-hydrogen) atoms. The van der Waals surface area contributed by atoms with Gasteiger partial charge in [-0.2, -0.15) is 0 Å². The summed E-state index contributed by atoms with van der Waals surface area (Å²) in [6.07, 6.45) is -2.08. The molecule has 8 nitrogen and oxygen atoms in total. The number of hydrogen-bond donors (Lipinski definition) is 4. The van der Waals surface area contributed by atoms with E-state index in [0.717, 1.165) is 0 Å². The Morgan fingerprint density at radius 1 is 0.944 bits per heavy atom. The van der Waals surface area contributed by atoms with Gasteiger partial charge in [-0.05, 0) is 5.92 Å². The van der Waals surface area contributed by atoms with Crippen molar-refractivity contribution in [1.82, 2.24) is 0 Å². The molecule has 0 saturated carbocycles. The maximum Gasteiger partial charge on any atom is 0.372 e. The van der Waals surface area contributed by atoms with Crippen LogP contribution in [0.2, 0.25) is 0 Å². The number of Topliss-reactive ketones (excluding diaryl/α,β-unsaturated/α-hetero) is 1. The zero-order valence-corrected chi connectivity index (χ0v) is 9.99. The van der Waals surface area contributed by atoms with Crippen molar-refractivity contribution in [2.75, 3.05) is 0 Å². The lowest BCUT2D eigenvalue weighted by atomic mass is 10.1. The number of carbonyl (C=O) groups excluding carboxylic acids is 1. The first-order chi connectivity index (χ1) is 8.09. The van der Waals surface area contributed by atoms with Gasteiger partial charge in [0, 0.05) is 6.42 Å². The van der Waals surface area contributed by atoms with Crippen molar-refractivity contribution in [3.05, 3.63) is 0 Å². The quantitative estimate of drug-likeness (QED) is 0.473. The Kier molecular flexibility index (Phi) is 9.32. The molecule has 4 N–H and O–H groups in total. The van der Waals surface area contributed by atoms with E-state index in [-0.39, 0.29) is 5.92 Å². The Morgan fingerprint density at radius 3 is 1.56 bits per heavy atom. The molecule has 0 aromatic rings. The van der Waals surface area contributed by atoms with Gasteiger partial charge in [-0.15, -0.1) is 0 Å². The van der Waals surface area contributed by atoms with Gasteiger partial charge in [0.05, 0.1) is 6.42 Å². The van der Waals surface area contributed by atoms with Crippen LogP contribution in [-0.4, -0.2) is 50.2 Å². The highest BCUT2D eigenvalue weighted by Crippen LogP contribution is 1.99. The molecule has 0 heterocycles. The Morgan fingerprint density at radius 2 is 1.39 bits per heavy atom. The fourth-order valence-corrected chi connectivity index (χ4v) is 0.613. The Labute approximate surface area is 103 Å². The van der Waals surface area contributed by atoms with Crippen LogP contribution in [0.1, 0.15) is 26.7 Å². The molecule has 0 spiro atoms. The molecule has 0 fully saturated rings. The molecule has 8 heteroatoms. The maximum atomic E-state index is 10.2. The molecule has 1 atom stereocenters. The Hall–Kier alpha value is -1.96. The molecule has 0 aromatic carbocycles. The van der Waals surface area contributed by atoms with Gasteiger partial charge in [0.15, 0.2) is 6.10 Å². The van der Waals surface area contributed by atoms with Crippen LogP contribution in [0.25, 0.3) is 0 Å². The zero-order chi connectivity index (χ0) is 14.9. The number of carboxylic acids is 3. The average Bonchev–Trinajstić information content (AvgIpc) is 2.24. The van der Waals surface area contributed by atoms with Crippen molar-refractivity contribution in [1.29, 1.82) is 0 Å². The van der Waals surface area contributed by atoms with Crippen LogP contribution in [-0.2, 0) is 19.2 Å². The van der Waals surface area contributed by atoms with Crippen LogP contribution < -0.4 is 0 Å². The normalized spacial score (nSPS) is 11.1. The molecule has 0 saturated heterocycles. The number of aliphatic hydroxyl groups is 1. The fourth-order valence-electron chi connectivity index (χ4n) is 0.613. The molecule has 104 valence electrons. The van der Waals surface area contributed by atoms with Crippen molar-refractivity contribution in [3.63, 3.8) is 0 Å². The van der Waals surface area contributed by atoms with E-state index in [2.05, 4.69) is 0 Å². The van der Waals surface area contributed by atoms with Gasteiger partial charge >= 0.3 is 17.9 Å². The van der Waals surface area contributed by atoms with E-state index in [1.807, 2.05) is 0 Å². The third-order valence-corrected chi connectivity index (χ3v) is 1.69. The van der Waals surface area contributed by atoms with Crippen LogP contribution in [0, 0.1) is 5.92 Å². The van der Waals surface area contributed by atoms with Crippen LogP contribution in [0.3, 0.4) is 0 Å². The van der Waals surface area contributed by atoms with Gasteiger partial charge in [-0.1, -0.05) is 13.8 Å². The summed E-state index contributed by atoms with van der Waals surface area (Å²) in [5.74, 6) is -5.18. The molecule has 0 radical (unpaired) electrons. The standard InChI is InChI=1S/C5H6O5.C5H10O3/c6-3(5(9)10)1-2-4(7)8;1-3(2)4(6)5(7)8/h1-2H2,(H,7,8)(H,9,10);3-4,6H,1-2H3,(H,7,8). The number of carbonyl (C=O) groups is 4. The first-order valence-electron chi connectivity index (χ1n) is 4.98. The van der Waals surface area contributed by atoms with E-state index in [0.29, 0.717) is 0 Å². The Balaban J connectivity index is 0. The molecular weight excluding hydrogens is 248 g/mol. The lowest BCUT2D eigenvalue weighted by Crippen LogP contribution is -2.25. The third-order valence-electron chi connectivity index (χ3n) is 1.69. The summed E-state index contributed by atoms with van der Waals surface area (Å²) in [6, 6.07) is 0. The highest BCUT2D eigenvalue weighted by Gasteiger charge is 2.16. The van der Waals surface area contributed by atoms with E-state index >= 15 is 0 Å². The zero-order valence-electron chi connectivity index (χ0n) is 9.99. The maximum absolute atomic E-state index is 10.2. The molecule has 0 aliphatic carbocycles. The highest BCUT2D eigenvalue weighted by molar-refractivity contribution is 6.32. The number of hydrogen-bond acceptors (Lipinski definition) is 5. The first-order valence-corrected chi connectivity index (χ1v) is 4.98. The van der Waals surface area contributed by atoms with Gasteiger partial charge < -0.3 is 20.4 Å². The minimum Gasteiger partial charge on any atom is -0.481 e. The summed E-state index contributed by atoms with van der Waals surface area (Å²) < 4.78 is 0. The van der Waals surface area contributed by atoms with Crippen molar-refractivity contribution < 1.29 is 39.6 Å². The predicted octanol–water partition coefficient (Wildman–Crippen LogP) is -0.407. The van der Waals surface area contributed by atoms with Gasteiger partial charge in [0.1, 0.15) is 0 Å². The minimum atomic E-state index is -1.58. The largest absolute Gasteiger partial charge is 0.481 e. The average molecular weight is 264 g/mol. The number of ketones is 1. The van der Waals surface area contributed by atoms with Crippen LogP contribution >= 0.6 is 0 Å². The number of rotatable bonds is 6. The highest BCUT2D eigenvalue weighted by atomic mass is 16.4. The summed E-state index contributed by atoms with van der Waals surface area (Å²) in [5, 5.41) is 32.7. The summed E-state index contributed by atoms with van der Waals surface area (Å²) >= 11 is 0. The van der Waals surface area contributed by atoms with Crippen LogP contribution in [0.15, 0.2) is 0 Å². The van der Waals surface area contributed by atoms with Crippen LogP contribution in [0.5, 0.6) is 0 Å². The second-order valence-electron chi connectivity index (χ2n) is 3.65. The monoisotopic (exact) mass is 264 g/mol. The molecular formula is C10H16O8. The molecule has 1 unspecified atom stereocenters. The van der Waals surface area contributed by atoms with Crippen LogP contribution in [0.4, 0.5) is 0 Å². The van der Waals surface area contributed by atoms with Crippen molar-refractivity contribution >= 4 is 23.7 Å². The van der Waals surface area contributed by atoms with Crippen molar-refractivity contribution in [2.24, 2.45) is 5.92 Å². The summed E-state index contributed by atoms with van der Waals surface area (Å²) in [6.45, 7) is 3.30.